The lowest BCUT2D eigenvalue weighted by Gasteiger charge is -2.14. The predicted octanol–water partition coefficient (Wildman–Crippen LogP) is 1.88. The van der Waals surface area contributed by atoms with E-state index in [1.165, 1.54) is 25.9 Å². The van der Waals surface area contributed by atoms with Gasteiger partial charge in [-0.25, -0.2) is 0 Å². The first-order valence-electron chi connectivity index (χ1n) is 7.65. The summed E-state index contributed by atoms with van der Waals surface area (Å²) in [7, 11) is 1.58. The number of carbonyl (C=O) groups excluding carboxylic acids is 1. The van der Waals surface area contributed by atoms with Crippen molar-refractivity contribution in [2.24, 2.45) is 0 Å². The van der Waals surface area contributed by atoms with E-state index in [4.69, 9.17) is 10.5 Å². The van der Waals surface area contributed by atoms with E-state index < -0.39 is 0 Å². The van der Waals surface area contributed by atoms with E-state index in [0.717, 1.165) is 19.4 Å². The molecule has 1 amide bonds. The van der Waals surface area contributed by atoms with Crippen LogP contribution in [0.2, 0.25) is 0 Å². The Kier molecular flexibility index (Phi) is 5.87. The van der Waals surface area contributed by atoms with Gasteiger partial charge in [0.05, 0.1) is 12.7 Å². The lowest BCUT2D eigenvalue weighted by molar-refractivity contribution is 0.0953. The molecule has 1 saturated heterocycles. The van der Waals surface area contributed by atoms with Gasteiger partial charge in [0.25, 0.3) is 5.91 Å². The smallest absolute Gasteiger partial charge is 0.253 e. The number of likely N-dealkylation sites (tertiary alicyclic amines) is 1. The molecule has 1 aliphatic heterocycles. The van der Waals surface area contributed by atoms with E-state index in [9.17, 15) is 4.79 Å². The summed E-state index contributed by atoms with van der Waals surface area (Å²) in [5, 5.41) is 2.92. The highest BCUT2D eigenvalue weighted by Crippen LogP contribution is 2.19. The molecule has 1 heterocycles. The molecule has 0 bridgehead atoms. The highest BCUT2D eigenvalue weighted by atomic mass is 16.5. The van der Waals surface area contributed by atoms with Crippen LogP contribution in [0.5, 0.6) is 5.75 Å². The summed E-state index contributed by atoms with van der Waals surface area (Å²) in [4.78, 5) is 14.5. The normalized spacial score (nSPS) is 15.1. The number of nitrogens with one attached hydrogen (secondary N) is 1. The summed E-state index contributed by atoms with van der Waals surface area (Å²) >= 11 is 0. The second-order valence-corrected chi connectivity index (χ2v) is 5.46. The average molecular weight is 291 g/mol. The van der Waals surface area contributed by atoms with Crippen molar-refractivity contribution in [3.8, 4) is 5.75 Å². The number of rotatable bonds is 7. The molecule has 0 radical (unpaired) electrons. The number of carbonyl (C=O) groups is 1. The molecule has 116 valence electrons. The van der Waals surface area contributed by atoms with Crippen LogP contribution in [0.3, 0.4) is 0 Å². The summed E-state index contributed by atoms with van der Waals surface area (Å²) in [6, 6.07) is 5.12. The first kappa shape index (κ1) is 15.6. The maximum atomic E-state index is 12.0. The Morgan fingerprint density at radius 1 is 1.33 bits per heavy atom. The van der Waals surface area contributed by atoms with Gasteiger partial charge in [-0.1, -0.05) is 0 Å². The zero-order valence-electron chi connectivity index (χ0n) is 12.7. The van der Waals surface area contributed by atoms with Gasteiger partial charge in [-0.05, 0) is 57.5 Å². The molecule has 1 aliphatic rings. The van der Waals surface area contributed by atoms with E-state index in [0.29, 0.717) is 23.5 Å². The summed E-state index contributed by atoms with van der Waals surface area (Å²) in [6.07, 6.45) is 4.78. The van der Waals surface area contributed by atoms with E-state index in [2.05, 4.69) is 10.2 Å². The average Bonchev–Trinajstić information content (AvgIpc) is 2.99. The summed E-state index contributed by atoms with van der Waals surface area (Å²) in [5.74, 6) is 0.547. The lowest BCUT2D eigenvalue weighted by atomic mass is 10.1. The van der Waals surface area contributed by atoms with Gasteiger partial charge >= 0.3 is 0 Å². The predicted molar refractivity (Wildman–Crippen MR) is 84.6 cm³/mol. The van der Waals surface area contributed by atoms with Crippen molar-refractivity contribution in [3.63, 3.8) is 0 Å². The van der Waals surface area contributed by atoms with Crippen LogP contribution in [0.4, 0.5) is 5.69 Å². The number of hydrogen-bond acceptors (Lipinski definition) is 4. The minimum Gasteiger partial charge on any atom is -0.497 e. The van der Waals surface area contributed by atoms with Crippen molar-refractivity contribution in [1.82, 2.24) is 10.2 Å². The Balaban J connectivity index is 1.69. The van der Waals surface area contributed by atoms with Crippen molar-refractivity contribution in [2.45, 2.75) is 25.7 Å². The highest BCUT2D eigenvalue weighted by molar-refractivity contribution is 5.99. The monoisotopic (exact) mass is 291 g/mol. The number of ether oxygens (including phenoxy) is 1. The van der Waals surface area contributed by atoms with E-state index in [-0.39, 0.29) is 5.91 Å². The third-order valence-corrected chi connectivity index (χ3v) is 3.89. The highest BCUT2D eigenvalue weighted by Gasteiger charge is 2.11. The molecule has 0 spiro atoms. The number of anilines is 1. The SMILES string of the molecule is COc1ccc(C(=O)NCCCCN2CCCC2)c(N)c1. The maximum absolute atomic E-state index is 12.0. The van der Waals surface area contributed by atoms with Crippen molar-refractivity contribution >= 4 is 11.6 Å². The molecule has 1 aromatic carbocycles. The first-order valence-corrected chi connectivity index (χ1v) is 7.65. The molecule has 3 N–H and O–H groups in total. The van der Waals surface area contributed by atoms with Crippen LogP contribution in [-0.2, 0) is 0 Å². The van der Waals surface area contributed by atoms with Crippen molar-refractivity contribution < 1.29 is 9.53 Å². The number of hydrogen-bond donors (Lipinski definition) is 2. The zero-order valence-corrected chi connectivity index (χ0v) is 12.7. The van der Waals surface area contributed by atoms with Gasteiger partial charge in [0.15, 0.2) is 0 Å². The van der Waals surface area contributed by atoms with Crippen LogP contribution >= 0.6 is 0 Å². The molecule has 1 fully saturated rings. The van der Waals surface area contributed by atoms with Gasteiger partial charge in [0.1, 0.15) is 5.75 Å². The van der Waals surface area contributed by atoms with Crippen molar-refractivity contribution in [3.05, 3.63) is 23.8 Å². The topological polar surface area (TPSA) is 67.6 Å². The molecule has 0 aliphatic carbocycles. The molecule has 0 atom stereocenters. The number of amides is 1. The molecule has 5 nitrogen and oxygen atoms in total. The van der Waals surface area contributed by atoms with Gasteiger partial charge in [0, 0.05) is 18.3 Å². The van der Waals surface area contributed by atoms with Crippen molar-refractivity contribution in [2.75, 3.05) is 39.0 Å². The number of methoxy groups -OCH3 is 1. The zero-order chi connectivity index (χ0) is 15.1. The first-order chi connectivity index (χ1) is 10.2. The molecule has 0 unspecified atom stereocenters. The standard InChI is InChI=1S/C16H25N3O2/c1-21-13-6-7-14(15(17)12-13)16(20)18-8-2-3-9-19-10-4-5-11-19/h6-7,12H,2-5,8-11,17H2,1H3,(H,18,20). The molecular weight excluding hydrogens is 266 g/mol. The quantitative estimate of drug-likeness (QED) is 0.594. The minimum atomic E-state index is -0.115. The van der Waals surface area contributed by atoms with Crippen LogP contribution in [-0.4, -0.2) is 44.1 Å². The summed E-state index contributed by atoms with van der Waals surface area (Å²) in [5.41, 5.74) is 6.82. The van der Waals surface area contributed by atoms with Gasteiger partial charge in [-0.15, -0.1) is 0 Å². The Morgan fingerprint density at radius 3 is 2.76 bits per heavy atom. The van der Waals surface area contributed by atoms with E-state index >= 15 is 0 Å². The second-order valence-electron chi connectivity index (χ2n) is 5.46. The number of nitrogens with two attached hydrogens (primary N) is 1. The van der Waals surface area contributed by atoms with Crippen LogP contribution in [0.25, 0.3) is 0 Å². The van der Waals surface area contributed by atoms with Crippen LogP contribution in [0, 0.1) is 0 Å². The lowest BCUT2D eigenvalue weighted by Crippen LogP contribution is -2.26. The molecule has 5 heteroatoms. The molecule has 1 aromatic rings. The summed E-state index contributed by atoms with van der Waals surface area (Å²) in [6.45, 7) is 4.29. The molecule has 2 rings (SSSR count). The second kappa shape index (κ2) is 7.88. The number of nitrogens with zero attached hydrogens (tertiary/aromatic N) is 1. The molecule has 0 saturated carbocycles. The number of nitrogen functional groups attached to an aromatic ring is 1. The van der Waals surface area contributed by atoms with Gasteiger partial charge in [-0.2, -0.15) is 0 Å². The molecular formula is C16H25N3O2. The largest absolute Gasteiger partial charge is 0.497 e. The fourth-order valence-corrected chi connectivity index (χ4v) is 2.64. The molecule has 0 aromatic heterocycles. The van der Waals surface area contributed by atoms with E-state index in [1.54, 1.807) is 25.3 Å². The number of benzene rings is 1. The van der Waals surface area contributed by atoms with E-state index in [1.807, 2.05) is 0 Å². The Morgan fingerprint density at radius 2 is 2.10 bits per heavy atom. The maximum Gasteiger partial charge on any atom is 0.253 e. The van der Waals surface area contributed by atoms with Crippen molar-refractivity contribution in [1.29, 1.82) is 0 Å². The van der Waals surface area contributed by atoms with Gasteiger partial charge in [-0.3, -0.25) is 4.79 Å². The third-order valence-electron chi connectivity index (χ3n) is 3.89. The van der Waals surface area contributed by atoms with Crippen LogP contribution < -0.4 is 15.8 Å². The Hall–Kier alpha value is -1.75. The Labute approximate surface area is 126 Å². The molecule has 21 heavy (non-hydrogen) atoms. The summed E-state index contributed by atoms with van der Waals surface area (Å²) < 4.78 is 5.08. The Bertz CT molecular complexity index is 471. The van der Waals surface area contributed by atoms with Crippen LogP contribution in [0.15, 0.2) is 18.2 Å². The fourth-order valence-electron chi connectivity index (χ4n) is 2.64. The van der Waals surface area contributed by atoms with Gasteiger partial charge in [0.2, 0.25) is 0 Å². The minimum absolute atomic E-state index is 0.115. The third kappa shape index (κ3) is 4.63. The fraction of sp³-hybridized carbons (Fsp3) is 0.562. The van der Waals surface area contributed by atoms with Crippen LogP contribution in [0.1, 0.15) is 36.0 Å². The van der Waals surface area contributed by atoms with Gasteiger partial charge < -0.3 is 20.7 Å². The number of unbranched alkanes of at least 4 members (excludes halogenated alkanes) is 1.